The summed E-state index contributed by atoms with van der Waals surface area (Å²) in [6, 6.07) is 1.40. The summed E-state index contributed by atoms with van der Waals surface area (Å²) in [5.74, 6) is 1.11. The van der Waals surface area contributed by atoms with Crippen LogP contribution in [0, 0.1) is 5.92 Å². The summed E-state index contributed by atoms with van der Waals surface area (Å²) in [7, 11) is 0. The van der Waals surface area contributed by atoms with Crippen molar-refractivity contribution in [2.24, 2.45) is 11.7 Å². The molecule has 3 N–H and O–H groups in total. The topological polar surface area (TPSA) is 71.8 Å². The fourth-order valence-corrected chi connectivity index (χ4v) is 1.67. The number of rotatable bonds is 5. The van der Waals surface area contributed by atoms with Gasteiger partial charge < -0.3 is 10.7 Å². The summed E-state index contributed by atoms with van der Waals surface area (Å²) in [5, 5.41) is 0. The molecular formula is C12H21N3O. The monoisotopic (exact) mass is 223 g/mol. The Labute approximate surface area is 96.3 Å². The summed E-state index contributed by atoms with van der Waals surface area (Å²) in [4.78, 5) is 18.6. The van der Waals surface area contributed by atoms with Gasteiger partial charge in [-0.3, -0.25) is 4.79 Å². The first-order valence-electron chi connectivity index (χ1n) is 5.88. The molecule has 0 radical (unpaired) electrons. The first kappa shape index (κ1) is 12.9. The molecule has 0 amide bonds. The highest BCUT2D eigenvalue weighted by Crippen LogP contribution is 2.11. The van der Waals surface area contributed by atoms with Gasteiger partial charge in [-0.2, -0.15) is 0 Å². The number of nitrogens with two attached hydrogens (primary N) is 1. The van der Waals surface area contributed by atoms with Gasteiger partial charge in [-0.15, -0.1) is 0 Å². The Kier molecular flexibility index (Phi) is 4.68. The van der Waals surface area contributed by atoms with Gasteiger partial charge in [0.25, 0.3) is 5.56 Å². The average Bonchev–Trinajstić information content (AvgIpc) is 2.15. The predicted octanol–water partition coefficient (Wildman–Crippen LogP) is 1.77. The molecule has 1 aromatic heterocycles. The Hall–Kier alpha value is -1.16. The van der Waals surface area contributed by atoms with Crippen molar-refractivity contribution < 1.29 is 0 Å². The lowest BCUT2D eigenvalue weighted by atomic mass is 10.1. The highest BCUT2D eigenvalue weighted by Gasteiger charge is 2.10. The van der Waals surface area contributed by atoms with Crippen LogP contribution in [0.25, 0.3) is 0 Å². The van der Waals surface area contributed by atoms with Crippen LogP contribution in [-0.2, 0) is 6.42 Å². The van der Waals surface area contributed by atoms with Crippen LogP contribution in [0.15, 0.2) is 10.9 Å². The van der Waals surface area contributed by atoms with E-state index in [1.54, 1.807) is 6.07 Å². The third-order valence-electron chi connectivity index (χ3n) is 2.38. The van der Waals surface area contributed by atoms with Crippen molar-refractivity contribution in [1.29, 1.82) is 0 Å². The Morgan fingerprint density at radius 2 is 2.19 bits per heavy atom. The van der Waals surface area contributed by atoms with E-state index in [1.807, 2.05) is 0 Å². The molecule has 0 fully saturated rings. The molecule has 4 nitrogen and oxygen atoms in total. The Balaban J connectivity index is 2.93. The molecule has 0 aliphatic heterocycles. The number of aromatic amines is 1. The van der Waals surface area contributed by atoms with Crippen LogP contribution in [0.1, 0.15) is 51.2 Å². The molecule has 0 aromatic carbocycles. The maximum atomic E-state index is 11.5. The second-order valence-electron chi connectivity index (χ2n) is 4.62. The SMILES string of the molecule is CCCC(N)c1nc(CC(C)C)cc(=O)[nH]1. The largest absolute Gasteiger partial charge is 0.321 e. The molecule has 1 rings (SSSR count). The molecule has 0 spiro atoms. The van der Waals surface area contributed by atoms with E-state index in [2.05, 4.69) is 30.7 Å². The van der Waals surface area contributed by atoms with Crippen molar-refractivity contribution in [2.75, 3.05) is 0 Å². The van der Waals surface area contributed by atoms with E-state index in [0.717, 1.165) is 25.0 Å². The fourth-order valence-electron chi connectivity index (χ4n) is 1.67. The number of nitrogens with zero attached hydrogens (tertiary/aromatic N) is 1. The third kappa shape index (κ3) is 3.77. The van der Waals surface area contributed by atoms with Gasteiger partial charge in [0.2, 0.25) is 0 Å². The first-order valence-corrected chi connectivity index (χ1v) is 5.88. The molecule has 0 aliphatic rings. The Morgan fingerprint density at radius 3 is 2.75 bits per heavy atom. The van der Waals surface area contributed by atoms with Crippen molar-refractivity contribution in [2.45, 2.75) is 46.1 Å². The van der Waals surface area contributed by atoms with Crippen LogP contribution < -0.4 is 11.3 Å². The van der Waals surface area contributed by atoms with Gasteiger partial charge in [0, 0.05) is 11.8 Å². The first-order chi connectivity index (χ1) is 7.52. The molecule has 1 aromatic rings. The van der Waals surface area contributed by atoms with Gasteiger partial charge in [0.05, 0.1) is 6.04 Å². The van der Waals surface area contributed by atoms with Crippen LogP contribution in [0.4, 0.5) is 0 Å². The summed E-state index contributed by atoms with van der Waals surface area (Å²) in [5.41, 5.74) is 6.67. The van der Waals surface area contributed by atoms with Gasteiger partial charge in [-0.25, -0.2) is 4.98 Å². The number of nitrogens with one attached hydrogen (secondary N) is 1. The summed E-state index contributed by atoms with van der Waals surface area (Å²) >= 11 is 0. The lowest BCUT2D eigenvalue weighted by molar-refractivity contribution is 0.581. The van der Waals surface area contributed by atoms with E-state index in [0.29, 0.717) is 11.7 Å². The Morgan fingerprint density at radius 1 is 1.50 bits per heavy atom. The molecular weight excluding hydrogens is 202 g/mol. The summed E-state index contributed by atoms with van der Waals surface area (Å²) in [6.07, 6.45) is 2.64. The quantitative estimate of drug-likeness (QED) is 0.799. The zero-order valence-electron chi connectivity index (χ0n) is 10.3. The summed E-state index contributed by atoms with van der Waals surface area (Å²) in [6.45, 7) is 6.28. The molecule has 4 heteroatoms. The average molecular weight is 223 g/mol. The fraction of sp³-hybridized carbons (Fsp3) is 0.667. The maximum absolute atomic E-state index is 11.5. The lowest BCUT2D eigenvalue weighted by Gasteiger charge is -2.11. The predicted molar refractivity (Wildman–Crippen MR) is 65.2 cm³/mol. The zero-order chi connectivity index (χ0) is 12.1. The molecule has 0 aliphatic carbocycles. The standard InChI is InChI=1S/C12H21N3O/c1-4-5-10(13)12-14-9(6-8(2)3)7-11(16)15-12/h7-8,10H,4-6,13H2,1-3H3,(H,14,15,16). The van der Waals surface area contributed by atoms with Crippen molar-refractivity contribution in [3.05, 3.63) is 27.9 Å². The normalized spacial score (nSPS) is 13.1. The molecule has 1 heterocycles. The van der Waals surface area contributed by atoms with Crippen LogP contribution in [-0.4, -0.2) is 9.97 Å². The number of aromatic nitrogens is 2. The van der Waals surface area contributed by atoms with Crippen molar-refractivity contribution >= 4 is 0 Å². The minimum absolute atomic E-state index is 0.104. The van der Waals surface area contributed by atoms with Crippen LogP contribution in [0.3, 0.4) is 0 Å². The van der Waals surface area contributed by atoms with Crippen LogP contribution in [0.2, 0.25) is 0 Å². The molecule has 1 atom stereocenters. The minimum Gasteiger partial charge on any atom is -0.321 e. The minimum atomic E-state index is -0.162. The van der Waals surface area contributed by atoms with Gasteiger partial charge in [0.1, 0.15) is 5.82 Å². The number of H-pyrrole nitrogens is 1. The maximum Gasteiger partial charge on any atom is 0.251 e. The van der Waals surface area contributed by atoms with Gasteiger partial charge >= 0.3 is 0 Å². The van der Waals surface area contributed by atoms with Crippen LogP contribution >= 0.6 is 0 Å². The van der Waals surface area contributed by atoms with Crippen LogP contribution in [0.5, 0.6) is 0 Å². The molecule has 0 saturated heterocycles. The molecule has 1 unspecified atom stereocenters. The van der Waals surface area contributed by atoms with E-state index in [9.17, 15) is 4.79 Å². The highest BCUT2D eigenvalue weighted by molar-refractivity contribution is 5.05. The molecule has 16 heavy (non-hydrogen) atoms. The number of hydrogen-bond donors (Lipinski definition) is 2. The van der Waals surface area contributed by atoms with Gasteiger partial charge in [-0.05, 0) is 18.8 Å². The molecule has 0 saturated carbocycles. The second-order valence-corrected chi connectivity index (χ2v) is 4.62. The van der Waals surface area contributed by atoms with Crippen molar-refractivity contribution in [1.82, 2.24) is 9.97 Å². The van der Waals surface area contributed by atoms with Crippen molar-refractivity contribution in [3.8, 4) is 0 Å². The Bertz CT molecular complexity index is 384. The second kappa shape index (κ2) is 5.80. The molecule has 90 valence electrons. The van der Waals surface area contributed by atoms with E-state index < -0.39 is 0 Å². The van der Waals surface area contributed by atoms with Gasteiger partial charge in [0.15, 0.2) is 0 Å². The van der Waals surface area contributed by atoms with E-state index in [1.165, 1.54) is 0 Å². The van der Waals surface area contributed by atoms with E-state index >= 15 is 0 Å². The van der Waals surface area contributed by atoms with Gasteiger partial charge in [-0.1, -0.05) is 27.2 Å². The highest BCUT2D eigenvalue weighted by atomic mass is 16.1. The van der Waals surface area contributed by atoms with E-state index in [4.69, 9.17) is 5.73 Å². The number of hydrogen-bond acceptors (Lipinski definition) is 3. The van der Waals surface area contributed by atoms with Crippen molar-refractivity contribution in [3.63, 3.8) is 0 Å². The lowest BCUT2D eigenvalue weighted by Crippen LogP contribution is -2.21. The molecule has 0 bridgehead atoms. The zero-order valence-corrected chi connectivity index (χ0v) is 10.3. The van der Waals surface area contributed by atoms with E-state index in [-0.39, 0.29) is 11.6 Å². The summed E-state index contributed by atoms with van der Waals surface area (Å²) < 4.78 is 0. The smallest absolute Gasteiger partial charge is 0.251 e. The third-order valence-corrected chi connectivity index (χ3v) is 2.38.